The van der Waals surface area contributed by atoms with E-state index in [1.54, 1.807) is 13.8 Å². The lowest BCUT2D eigenvalue weighted by Crippen LogP contribution is -2.63. The number of rotatable bonds is 5. The van der Waals surface area contributed by atoms with Crippen LogP contribution in [-0.4, -0.2) is 65.5 Å². The van der Waals surface area contributed by atoms with Gasteiger partial charge in [0.25, 0.3) is 0 Å². The molecule has 0 aromatic rings. The van der Waals surface area contributed by atoms with Crippen LogP contribution in [0, 0.1) is 0 Å². The summed E-state index contributed by atoms with van der Waals surface area (Å²) in [5.41, 5.74) is 0. The molecule has 0 saturated carbocycles. The molecule has 7 nitrogen and oxygen atoms in total. The standard InChI is InChI=1S/C10H19O7/c1-3-15-5(2)16-9-8(13)7(12)6(4-11)17-10(9)14/h5-13H,3-4H2,1-2H3/q-1/t5?,6-,7-,8+,9-,10?/m1/s1. The zero-order valence-corrected chi connectivity index (χ0v) is 9.85. The van der Waals surface area contributed by atoms with E-state index in [-0.39, 0.29) is 0 Å². The van der Waals surface area contributed by atoms with Gasteiger partial charge in [-0.15, -0.1) is 0 Å². The largest absolute Gasteiger partial charge is 0.829 e. The summed E-state index contributed by atoms with van der Waals surface area (Å²) in [6.07, 6.45) is -7.44. The minimum atomic E-state index is -1.67. The second-order valence-electron chi connectivity index (χ2n) is 3.83. The van der Waals surface area contributed by atoms with Crippen molar-refractivity contribution >= 4 is 0 Å². The highest BCUT2D eigenvalue weighted by atomic mass is 16.7. The lowest BCUT2D eigenvalue weighted by molar-refractivity contribution is -0.538. The van der Waals surface area contributed by atoms with Gasteiger partial charge in [0.1, 0.15) is 24.4 Å². The van der Waals surface area contributed by atoms with Crippen LogP contribution in [-0.2, 0) is 14.2 Å². The number of aliphatic hydroxyl groups is 3. The Hall–Kier alpha value is -0.280. The number of ether oxygens (including phenoxy) is 3. The zero-order valence-electron chi connectivity index (χ0n) is 9.85. The Kier molecular flexibility index (Phi) is 5.74. The van der Waals surface area contributed by atoms with Gasteiger partial charge in [0.15, 0.2) is 6.29 Å². The number of hydrogen-bond acceptors (Lipinski definition) is 7. The summed E-state index contributed by atoms with van der Waals surface area (Å²) in [5.74, 6) is 0. The van der Waals surface area contributed by atoms with Gasteiger partial charge >= 0.3 is 0 Å². The minimum Gasteiger partial charge on any atom is -0.829 e. The van der Waals surface area contributed by atoms with Crippen molar-refractivity contribution in [2.24, 2.45) is 0 Å². The first kappa shape index (κ1) is 14.8. The second-order valence-corrected chi connectivity index (χ2v) is 3.83. The molecule has 6 atom stereocenters. The first-order valence-corrected chi connectivity index (χ1v) is 5.56. The van der Waals surface area contributed by atoms with Crippen molar-refractivity contribution in [2.75, 3.05) is 13.2 Å². The van der Waals surface area contributed by atoms with Crippen molar-refractivity contribution in [3.63, 3.8) is 0 Å². The Balaban J connectivity index is 2.59. The van der Waals surface area contributed by atoms with E-state index < -0.39 is 43.6 Å². The summed E-state index contributed by atoms with van der Waals surface area (Å²) in [4.78, 5) is 0. The Morgan fingerprint density at radius 1 is 1.35 bits per heavy atom. The van der Waals surface area contributed by atoms with Crippen LogP contribution >= 0.6 is 0 Å². The summed E-state index contributed by atoms with van der Waals surface area (Å²) in [7, 11) is 0. The Morgan fingerprint density at radius 2 is 2.00 bits per heavy atom. The van der Waals surface area contributed by atoms with Crippen LogP contribution in [0.25, 0.3) is 0 Å². The fraction of sp³-hybridized carbons (Fsp3) is 1.00. The molecule has 0 bridgehead atoms. The summed E-state index contributed by atoms with van der Waals surface area (Å²) in [6, 6.07) is 0. The first-order valence-electron chi connectivity index (χ1n) is 5.56. The number of aliphatic hydroxyl groups excluding tert-OH is 3. The number of hydrogen-bond donors (Lipinski definition) is 3. The maximum absolute atomic E-state index is 11.6. The molecule has 1 saturated heterocycles. The topological polar surface area (TPSA) is 111 Å². The van der Waals surface area contributed by atoms with E-state index in [0.717, 1.165) is 0 Å². The third-order valence-corrected chi connectivity index (χ3v) is 2.57. The highest BCUT2D eigenvalue weighted by molar-refractivity contribution is 4.88. The smallest absolute Gasteiger partial charge is 0.155 e. The molecule has 1 aliphatic heterocycles. The van der Waals surface area contributed by atoms with Crippen molar-refractivity contribution in [1.82, 2.24) is 0 Å². The molecule has 3 N–H and O–H groups in total. The maximum atomic E-state index is 11.6. The van der Waals surface area contributed by atoms with E-state index in [4.69, 9.17) is 19.3 Å². The van der Waals surface area contributed by atoms with E-state index in [1.807, 2.05) is 0 Å². The van der Waals surface area contributed by atoms with Crippen LogP contribution < -0.4 is 5.11 Å². The van der Waals surface area contributed by atoms with Crippen molar-refractivity contribution in [3.05, 3.63) is 0 Å². The van der Waals surface area contributed by atoms with E-state index in [1.165, 1.54) is 0 Å². The predicted octanol–water partition coefficient (Wildman–Crippen LogP) is -2.45. The van der Waals surface area contributed by atoms with E-state index in [0.29, 0.717) is 6.61 Å². The van der Waals surface area contributed by atoms with E-state index >= 15 is 0 Å². The van der Waals surface area contributed by atoms with Gasteiger partial charge in [-0.1, -0.05) is 0 Å². The van der Waals surface area contributed by atoms with Crippen LogP contribution in [0.15, 0.2) is 0 Å². The molecule has 0 aromatic carbocycles. The molecular formula is C10H19O7-. The van der Waals surface area contributed by atoms with Gasteiger partial charge in [-0.2, -0.15) is 0 Å². The summed E-state index contributed by atoms with van der Waals surface area (Å²) >= 11 is 0. The van der Waals surface area contributed by atoms with E-state index in [9.17, 15) is 15.3 Å². The van der Waals surface area contributed by atoms with Crippen molar-refractivity contribution in [1.29, 1.82) is 0 Å². The maximum Gasteiger partial charge on any atom is 0.155 e. The zero-order chi connectivity index (χ0) is 13.0. The molecule has 7 heteroatoms. The third-order valence-electron chi connectivity index (χ3n) is 2.57. The molecular weight excluding hydrogens is 232 g/mol. The van der Waals surface area contributed by atoms with Gasteiger partial charge in [0.2, 0.25) is 0 Å². The molecule has 0 radical (unpaired) electrons. The van der Waals surface area contributed by atoms with Gasteiger partial charge in [0.05, 0.1) is 6.61 Å². The molecule has 1 fully saturated rings. The SMILES string of the molecule is CCOC(C)O[C@H]1C([O-])O[C@H](CO)[C@@H](O)[C@@H]1O. The normalized spacial score (nSPS) is 40.2. The highest BCUT2D eigenvalue weighted by Gasteiger charge is 2.41. The average molecular weight is 251 g/mol. The van der Waals surface area contributed by atoms with Gasteiger partial charge in [0, 0.05) is 12.9 Å². The summed E-state index contributed by atoms with van der Waals surface area (Å²) in [6.45, 7) is 3.20. The van der Waals surface area contributed by atoms with Crippen LogP contribution in [0.3, 0.4) is 0 Å². The quantitative estimate of drug-likeness (QED) is 0.465. The molecule has 2 unspecified atom stereocenters. The van der Waals surface area contributed by atoms with Crippen molar-refractivity contribution in [2.45, 2.75) is 50.8 Å². The molecule has 0 aromatic heterocycles. The molecule has 1 heterocycles. The van der Waals surface area contributed by atoms with Crippen molar-refractivity contribution in [3.8, 4) is 0 Å². The van der Waals surface area contributed by atoms with Gasteiger partial charge < -0.3 is 34.6 Å². The Labute approximate surface area is 99.5 Å². The van der Waals surface area contributed by atoms with E-state index in [2.05, 4.69) is 0 Å². The second kappa shape index (κ2) is 6.60. The molecule has 102 valence electrons. The Bertz CT molecular complexity index is 225. The predicted molar refractivity (Wildman–Crippen MR) is 53.7 cm³/mol. The highest BCUT2D eigenvalue weighted by Crippen LogP contribution is 2.21. The van der Waals surface area contributed by atoms with Crippen LogP contribution in [0.5, 0.6) is 0 Å². The molecule has 1 rings (SSSR count). The van der Waals surface area contributed by atoms with Gasteiger partial charge in [-0.3, -0.25) is 0 Å². The summed E-state index contributed by atoms with van der Waals surface area (Å²) in [5, 5.41) is 39.7. The molecule has 0 spiro atoms. The Morgan fingerprint density at radius 3 is 2.53 bits per heavy atom. The lowest BCUT2D eigenvalue weighted by Gasteiger charge is -2.46. The van der Waals surface area contributed by atoms with Crippen LogP contribution in [0.4, 0.5) is 0 Å². The van der Waals surface area contributed by atoms with Crippen LogP contribution in [0.1, 0.15) is 13.8 Å². The molecule has 0 amide bonds. The third kappa shape index (κ3) is 3.59. The average Bonchev–Trinajstić information content (AvgIpc) is 2.29. The fourth-order valence-corrected chi connectivity index (χ4v) is 1.70. The first-order chi connectivity index (χ1) is 8.01. The van der Waals surface area contributed by atoms with Gasteiger partial charge in [-0.05, 0) is 13.8 Å². The molecule has 0 aliphatic carbocycles. The fourth-order valence-electron chi connectivity index (χ4n) is 1.70. The minimum absolute atomic E-state index is 0.399. The monoisotopic (exact) mass is 251 g/mol. The van der Waals surface area contributed by atoms with Crippen molar-refractivity contribution < 1.29 is 34.6 Å². The van der Waals surface area contributed by atoms with Crippen LogP contribution in [0.2, 0.25) is 0 Å². The summed E-state index contributed by atoms with van der Waals surface area (Å²) < 4.78 is 15.1. The molecule has 17 heavy (non-hydrogen) atoms. The van der Waals surface area contributed by atoms with Gasteiger partial charge in [-0.25, -0.2) is 0 Å². The molecule has 1 aliphatic rings. The lowest BCUT2D eigenvalue weighted by atomic mass is 9.99.